The van der Waals surface area contributed by atoms with Crippen LogP contribution in [0.2, 0.25) is 0 Å². The number of nitrogens with zero attached hydrogens (tertiary/aromatic N) is 5. The number of aromatic amines is 1. The van der Waals surface area contributed by atoms with E-state index in [1.165, 1.54) is 0 Å². The summed E-state index contributed by atoms with van der Waals surface area (Å²) in [4.78, 5) is 18.5. The van der Waals surface area contributed by atoms with Crippen molar-refractivity contribution in [2.75, 3.05) is 20.3 Å². The van der Waals surface area contributed by atoms with E-state index in [4.69, 9.17) is 14.2 Å². The van der Waals surface area contributed by atoms with Crippen LogP contribution >= 0.6 is 0 Å². The maximum Gasteiger partial charge on any atom is 0.252 e. The van der Waals surface area contributed by atoms with E-state index in [2.05, 4.69) is 32.3 Å². The van der Waals surface area contributed by atoms with Crippen molar-refractivity contribution >= 4 is 10.9 Å². The Hall–Kier alpha value is -3.76. The molecule has 39 heavy (non-hydrogen) atoms. The molecule has 2 aromatic heterocycles. The number of hydrogen-bond acceptors (Lipinski definition) is 8. The Morgan fingerprint density at radius 1 is 1.13 bits per heavy atom. The van der Waals surface area contributed by atoms with E-state index < -0.39 is 0 Å². The Bertz CT molecular complexity index is 1430. The molecule has 0 spiro atoms. The van der Waals surface area contributed by atoms with E-state index in [1.54, 1.807) is 7.11 Å². The van der Waals surface area contributed by atoms with E-state index >= 15 is 0 Å². The summed E-state index contributed by atoms with van der Waals surface area (Å²) in [7, 11) is 1.66. The third kappa shape index (κ3) is 6.29. The Balaban J connectivity index is 1.49. The molecule has 1 aliphatic heterocycles. The number of fused-ring (bicyclic) bond motifs is 1. The van der Waals surface area contributed by atoms with Crippen LogP contribution < -0.4 is 15.0 Å². The van der Waals surface area contributed by atoms with Gasteiger partial charge < -0.3 is 19.2 Å². The molecule has 0 aliphatic carbocycles. The first-order valence-corrected chi connectivity index (χ1v) is 13.6. The second-order valence-electron chi connectivity index (χ2n) is 9.84. The summed E-state index contributed by atoms with van der Waals surface area (Å²) in [6.07, 6.45) is 2.94. The van der Waals surface area contributed by atoms with Crippen LogP contribution in [0.5, 0.6) is 11.5 Å². The summed E-state index contributed by atoms with van der Waals surface area (Å²) in [6, 6.07) is 15.6. The zero-order valence-electron chi connectivity index (χ0n) is 22.8. The zero-order valence-corrected chi connectivity index (χ0v) is 22.8. The normalized spacial score (nSPS) is 16.2. The molecule has 10 nitrogen and oxygen atoms in total. The van der Waals surface area contributed by atoms with Gasteiger partial charge in [0.1, 0.15) is 11.5 Å². The Morgan fingerprint density at radius 2 is 1.95 bits per heavy atom. The van der Waals surface area contributed by atoms with Gasteiger partial charge in [-0.15, -0.1) is 5.10 Å². The van der Waals surface area contributed by atoms with Gasteiger partial charge in [-0.25, -0.2) is 4.68 Å². The van der Waals surface area contributed by atoms with E-state index in [-0.39, 0.29) is 17.7 Å². The molecule has 3 heterocycles. The predicted molar refractivity (Wildman–Crippen MR) is 148 cm³/mol. The van der Waals surface area contributed by atoms with Crippen LogP contribution in [-0.4, -0.2) is 56.5 Å². The molecule has 0 saturated carbocycles. The monoisotopic (exact) mass is 532 g/mol. The first kappa shape index (κ1) is 26.8. The summed E-state index contributed by atoms with van der Waals surface area (Å²) in [5, 5.41) is 13.7. The summed E-state index contributed by atoms with van der Waals surface area (Å²) in [6.45, 7) is 7.07. The van der Waals surface area contributed by atoms with Gasteiger partial charge in [-0.05, 0) is 78.6 Å². The number of pyridine rings is 1. The Kier molecular flexibility index (Phi) is 8.53. The highest BCUT2D eigenvalue weighted by Crippen LogP contribution is 2.28. The maximum absolute atomic E-state index is 13.2. The van der Waals surface area contributed by atoms with Crippen LogP contribution in [0.4, 0.5) is 0 Å². The number of hydrogen-bond donors (Lipinski definition) is 1. The highest BCUT2D eigenvalue weighted by atomic mass is 16.5. The number of rotatable bonds is 12. The minimum Gasteiger partial charge on any atom is -0.497 e. The molecule has 2 unspecified atom stereocenters. The smallest absolute Gasteiger partial charge is 0.252 e. The fourth-order valence-electron chi connectivity index (χ4n) is 5.23. The van der Waals surface area contributed by atoms with Gasteiger partial charge >= 0.3 is 0 Å². The number of ether oxygens (including phenoxy) is 3. The van der Waals surface area contributed by atoms with Crippen LogP contribution in [0.15, 0.2) is 53.3 Å². The molecule has 0 bridgehead atoms. The molecule has 0 radical (unpaired) electrons. The number of tetrazole rings is 1. The molecule has 206 valence electrons. The van der Waals surface area contributed by atoms with E-state index in [0.29, 0.717) is 31.8 Å². The van der Waals surface area contributed by atoms with Crippen molar-refractivity contribution in [2.24, 2.45) is 0 Å². The molecule has 0 amide bonds. The second kappa shape index (κ2) is 12.4. The summed E-state index contributed by atoms with van der Waals surface area (Å²) in [5.74, 6) is 2.35. The van der Waals surface area contributed by atoms with E-state index in [1.807, 2.05) is 60.1 Å². The third-order valence-corrected chi connectivity index (χ3v) is 7.21. The average Bonchev–Trinajstić information content (AvgIpc) is 3.63. The molecular weight excluding hydrogens is 496 g/mol. The van der Waals surface area contributed by atoms with Gasteiger partial charge in [0.2, 0.25) is 0 Å². The molecule has 2 atom stereocenters. The third-order valence-electron chi connectivity index (χ3n) is 7.21. The van der Waals surface area contributed by atoms with Crippen molar-refractivity contribution in [1.29, 1.82) is 0 Å². The Labute approximate surface area is 227 Å². The average molecular weight is 533 g/mol. The van der Waals surface area contributed by atoms with Crippen LogP contribution in [0.25, 0.3) is 10.9 Å². The number of benzene rings is 2. The van der Waals surface area contributed by atoms with Gasteiger partial charge in [-0.1, -0.05) is 19.1 Å². The minimum absolute atomic E-state index is 0.111. The first-order chi connectivity index (χ1) is 19.1. The SMILES string of the molecule is CCOc1ccc2[nH]c(=O)c(CN(Cc3ccc(OC)cc3)C(CC)c3nnnn3CC3CCCO3)cc2c1. The van der Waals surface area contributed by atoms with Gasteiger partial charge in [0.25, 0.3) is 5.56 Å². The molecule has 2 aromatic carbocycles. The molecule has 10 heteroatoms. The highest BCUT2D eigenvalue weighted by molar-refractivity contribution is 5.80. The number of H-pyrrole nitrogens is 1. The maximum atomic E-state index is 13.2. The van der Waals surface area contributed by atoms with Gasteiger partial charge in [0.15, 0.2) is 5.82 Å². The summed E-state index contributed by atoms with van der Waals surface area (Å²) < 4.78 is 18.8. The van der Waals surface area contributed by atoms with Crippen molar-refractivity contribution in [3.05, 3.63) is 75.8 Å². The molecular formula is C29H36N6O4. The van der Waals surface area contributed by atoms with Gasteiger partial charge in [-0.2, -0.15) is 0 Å². The van der Waals surface area contributed by atoms with Crippen molar-refractivity contribution in [1.82, 2.24) is 30.1 Å². The highest BCUT2D eigenvalue weighted by Gasteiger charge is 2.28. The minimum atomic E-state index is -0.117. The van der Waals surface area contributed by atoms with Crippen LogP contribution in [-0.2, 0) is 24.4 Å². The quantitative estimate of drug-likeness (QED) is 0.289. The fraction of sp³-hybridized carbons (Fsp3) is 0.448. The second-order valence-corrected chi connectivity index (χ2v) is 9.84. The van der Waals surface area contributed by atoms with Crippen LogP contribution in [0, 0.1) is 0 Å². The van der Waals surface area contributed by atoms with E-state index in [0.717, 1.165) is 59.7 Å². The molecule has 5 rings (SSSR count). The first-order valence-electron chi connectivity index (χ1n) is 13.6. The number of aromatic nitrogens is 5. The zero-order chi connectivity index (χ0) is 27.2. The van der Waals surface area contributed by atoms with Crippen LogP contribution in [0.3, 0.4) is 0 Å². The van der Waals surface area contributed by atoms with Gasteiger partial charge in [0.05, 0.1) is 32.4 Å². The molecule has 1 saturated heterocycles. The van der Waals surface area contributed by atoms with Crippen LogP contribution in [0.1, 0.15) is 56.1 Å². The number of methoxy groups -OCH3 is 1. The number of nitrogens with one attached hydrogen (secondary N) is 1. The van der Waals surface area contributed by atoms with Crippen molar-refractivity contribution in [3.8, 4) is 11.5 Å². The predicted octanol–water partition coefficient (Wildman–Crippen LogP) is 4.25. The summed E-state index contributed by atoms with van der Waals surface area (Å²) >= 11 is 0. The largest absolute Gasteiger partial charge is 0.497 e. The van der Waals surface area contributed by atoms with Crippen molar-refractivity contribution < 1.29 is 14.2 Å². The van der Waals surface area contributed by atoms with Crippen molar-refractivity contribution in [2.45, 2.75) is 64.9 Å². The van der Waals surface area contributed by atoms with Gasteiger partial charge in [-0.3, -0.25) is 9.69 Å². The fourth-order valence-corrected chi connectivity index (χ4v) is 5.23. The molecule has 1 N–H and O–H groups in total. The molecule has 1 fully saturated rings. The summed E-state index contributed by atoms with van der Waals surface area (Å²) in [5.41, 5.74) is 2.44. The lowest BCUT2D eigenvalue weighted by atomic mass is 10.1. The molecule has 1 aliphatic rings. The molecule has 4 aromatic rings. The lowest BCUT2D eigenvalue weighted by Gasteiger charge is -2.30. The lowest BCUT2D eigenvalue weighted by Crippen LogP contribution is -2.33. The lowest BCUT2D eigenvalue weighted by molar-refractivity contribution is 0.0888. The topological polar surface area (TPSA) is 107 Å². The standard InChI is InChI=1S/C29H36N6O4/c1-4-27(28-31-32-33-35(28)19-25-7-6-14-39-25)34(17-20-8-10-23(37-3)11-9-20)18-22-15-21-16-24(38-5-2)12-13-26(21)30-29(22)36/h8-13,15-16,25,27H,4-7,14,17-19H2,1-3H3,(H,30,36). The Morgan fingerprint density at radius 3 is 2.67 bits per heavy atom. The van der Waals surface area contributed by atoms with E-state index in [9.17, 15) is 4.79 Å². The van der Waals surface area contributed by atoms with Crippen molar-refractivity contribution in [3.63, 3.8) is 0 Å². The van der Waals surface area contributed by atoms with Gasteiger partial charge in [0, 0.05) is 36.2 Å².